The summed E-state index contributed by atoms with van der Waals surface area (Å²) in [5.74, 6) is -0.616. The first-order valence-corrected chi connectivity index (χ1v) is 12.4. The molecule has 204 valence electrons. The van der Waals surface area contributed by atoms with Crippen molar-refractivity contribution in [2.45, 2.75) is 76.9 Å². The predicted octanol–water partition coefficient (Wildman–Crippen LogP) is 7.56. The lowest BCUT2D eigenvalue weighted by Crippen LogP contribution is -2.11. The van der Waals surface area contributed by atoms with E-state index >= 15 is 0 Å². The molecule has 38 heavy (non-hydrogen) atoms. The highest BCUT2D eigenvalue weighted by molar-refractivity contribution is 5.75. The van der Waals surface area contributed by atoms with Crippen LogP contribution < -0.4 is 0 Å². The molecule has 4 aliphatic rings. The normalized spacial score (nSPS) is 24.6. The van der Waals surface area contributed by atoms with Crippen molar-refractivity contribution in [3.05, 3.63) is 69.8 Å². The number of ether oxygens (including phenoxy) is 2. The molecule has 2 saturated heterocycles. The van der Waals surface area contributed by atoms with Gasteiger partial charge in [0.2, 0.25) is 0 Å². The Labute approximate surface area is 215 Å². The number of alkyl halides is 6. The van der Waals surface area contributed by atoms with Crippen molar-refractivity contribution < 1.29 is 45.4 Å². The molecule has 2 aromatic rings. The quantitative estimate of drug-likeness (QED) is 0.291. The summed E-state index contributed by atoms with van der Waals surface area (Å²) in [4.78, 5) is 22.8. The number of rotatable bonds is 2. The van der Waals surface area contributed by atoms with Gasteiger partial charge >= 0.3 is 24.3 Å². The van der Waals surface area contributed by atoms with E-state index in [0.717, 1.165) is 49.9 Å². The molecule has 4 fully saturated rings. The SMILES string of the molecule is Cc1cc([C@@H]2OC(=O)CC23CC3)cc(C(F)(F)F)c1.Cc1cc([C@H]2OC(=O)CC23CC3)cc(C(F)(F)F)c1. The zero-order valence-electron chi connectivity index (χ0n) is 20.8. The second-order valence-electron chi connectivity index (χ2n) is 11.1. The van der Waals surface area contributed by atoms with Crippen molar-refractivity contribution >= 4 is 11.9 Å². The Kier molecular flexibility index (Phi) is 6.11. The highest BCUT2D eigenvalue weighted by Crippen LogP contribution is 2.64. The lowest BCUT2D eigenvalue weighted by molar-refractivity contribution is -0.143. The average Bonchev–Trinajstić information content (AvgIpc) is 3.67. The first-order valence-electron chi connectivity index (χ1n) is 12.4. The van der Waals surface area contributed by atoms with Crippen LogP contribution in [0, 0.1) is 24.7 Å². The van der Waals surface area contributed by atoms with Crippen LogP contribution >= 0.6 is 0 Å². The Morgan fingerprint density at radius 2 is 0.974 bits per heavy atom. The average molecular weight is 541 g/mol. The lowest BCUT2D eigenvalue weighted by atomic mass is 9.90. The zero-order chi connectivity index (χ0) is 27.7. The third-order valence-corrected chi connectivity index (χ3v) is 7.85. The molecule has 4 nitrogen and oxygen atoms in total. The third-order valence-electron chi connectivity index (χ3n) is 7.85. The summed E-state index contributed by atoms with van der Waals surface area (Å²) in [6.45, 7) is 3.24. The summed E-state index contributed by atoms with van der Waals surface area (Å²) in [6.07, 6.45) is -5.74. The van der Waals surface area contributed by atoms with E-state index in [0.29, 0.717) is 35.1 Å². The van der Waals surface area contributed by atoms with E-state index in [2.05, 4.69) is 0 Å². The van der Waals surface area contributed by atoms with E-state index in [9.17, 15) is 35.9 Å². The molecule has 2 aromatic carbocycles. The summed E-state index contributed by atoms with van der Waals surface area (Å²) in [7, 11) is 0. The number of carbonyl (C=O) groups excluding carboxylic acids is 2. The third kappa shape index (κ3) is 5.14. The minimum atomic E-state index is -4.37. The van der Waals surface area contributed by atoms with Crippen LogP contribution in [-0.2, 0) is 31.4 Å². The van der Waals surface area contributed by atoms with Crippen LogP contribution in [0.4, 0.5) is 26.3 Å². The molecule has 0 unspecified atom stereocenters. The van der Waals surface area contributed by atoms with E-state index < -0.39 is 35.7 Å². The molecule has 2 saturated carbocycles. The number of carbonyl (C=O) groups is 2. The number of esters is 2. The van der Waals surface area contributed by atoms with Gasteiger partial charge in [-0.25, -0.2) is 0 Å². The second-order valence-corrected chi connectivity index (χ2v) is 11.1. The van der Waals surface area contributed by atoms with E-state index in [1.54, 1.807) is 26.0 Å². The predicted molar refractivity (Wildman–Crippen MR) is 123 cm³/mol. The number of benzene rings is 2. The first-order chi connectivity index (χ1) is 17.6. The van der Waals surface area contributed by atoms with Gasteiger partial charge in [-0.15, -0.1) is 0 Å². The van der Waals surface area contributed by atoms with Crippen molar-refractivity contribution in [1.82, 2.24) is 0 Å². The Bertz CT molecular complexity index is 1190. The van der Waals surface area contributed by atoms with Gasteiger partial charge in [-0.1, -0.05) is 23.3 Å². The van der Waals surface area contributed by atoms with Crippen LogP contribution in [0.15, 0.2) is 36.4 Å². The van der Waals surface area contributed by atoms with Gasteiger partial charge in [-0.2, -0.15) is 26.3 Å². The van der Waals surface area contributed by atoms with Crippen LogP contribution in [0.2, 0.25) is 0 Å². The molecular formula is C28H26F6O4. The maximum Gasteiger partial charge on any atom is 0.416 e. The Hall–Kier alpha value is -3.04. The summed E-state index contributed by atoms with van der Waals surface area (Å²) in [6, 6.07) is 7.80. The molecule has 0 N–H and O–H groups in total. The molecule has 0 radical (unpaired) electrons. The Balaban J connectivity index is 0.000000155. The topological polar surface area (TPSA) is 52.6 Å². The fraction of sp³-hybridized carbons (Fsp3) is 0.500. The van der Waals surface area contributed by atoms with Crippen LogP contribution in [-0.4, -0.2) is 11.9 Å². The van der Waals surface area contributed by atoms with Crippen molar-refractivity contribution in [2.24, 2.45) is 10.8 Å². The number of hydrogen-bond acceptors (Lipinski definition) is 4. The lowest BCUT2D eigenvalue weighted by Gasteiger charge is -2.19. The van der Waals surface area contributed by atoms with Crippen molar-refractivity contribution in [3.8, 4) is 0 Å². The summed E-state index contributed by atoms with van der Waals surface area (Å²) in [5.41, 5.74) is 0.155. The van der Waals surface area contributed by atoms with Crippen LogP contribution in [0.3, 0.4) is 0 Å². The molecule has 2 heterocycles. The maximum atomic E-state index is 12.8. The standard InChI is InChI=1S/2C14H13F3O2/c2*1-8-4-9(6-10(5-8)14(15,16)17)12-13(2-3-13)7-11(18)19-12/h2*4-6,12H,2-3,7H2,1H3/t2*12-/m10/s1. The van der Waals surface area contributed by atoms with Crippen LogP contribution in [0.5, 0.6) is 0 Å². The molecule has 2 spiro atoms. The number of halogens is 6. The molecule has 6 rings (SSSR count). The minimum Gasteiger partial charge on any atom is -0.457 e. The van der Waals surface area contributed by atoms with Gasteiger partial charge in [0.15, 0.2) is 0 Å². The number of hydrogen-bond donors (Lipinski definition) is 0. The highest BCUT2D eigenvalue weighted by Gasteiger charge is 2.59. The first kappa shape index (κ1) is 26.6. The smallest absolute Gasteiger partial charge is 0.416 e. The van der Waals surface area contributed by atoms with Gasteiger partial charge in [0.05, 0.1) is 24.0 Å². The molecular weight excluding hydrogens is 514 g/mol. The Morgan fingerprint density at radius 3 is 1.26 bits per heavy atom. The summed E-state index contributed by atoms with van der Waals surface area (Å²) in [5, 5.41) is 0. The fourth-order valence-electron chi connectivity index (χ4n) is 5.65. The summed E-state index contributed by atoms with van der Waals surface area (Å²) < 4.78 is 87.4. The molecule has 2 aliphatic heterocycles. The minimum absolute atomic E-state index is 0.242. The van der Waals surface area contributed by atoms with Crippen LogP contribution in [0.1, 0.15) is 84.1 Å². The molecule has 2 aliphatic carbocycles. The monoisotopic (exact) mass is 540 g/mol. The zero-order valence-corrected chi connectivity index (χ0v) is 20.8. The van der Waals surface area contributed by atoms with Gasteiger partial charge in [0.1, 0.15) is 12.2 Å². The molecule has 2 atom stereocenters. The number of aryl methyl sites for hydroxylation is 2. The highest BCUT2D eigenvalue weighted by atomic mass is 19.4. The molecule has 0 bridgehead atoms. The van der Waals surface area contributed by atoms with E-state index in [4.69, 9.17) is 9.47 Å². The second kappa shape index (κ2) is 8.74. The van der Waals surface area contributed by atoms with E-state index in [1.165, 1.54) is 0 Å². The molecule has 0 aromatic heterocycles. The molecule has 10 heteroatoms. The van der Waals surface area contributed by atoms with Gasteiger partial charge in [0.25, 0.3) is 0 Å². The fourth-order valence-corrected chi connectivity index (χ4v) is 5.65. The van der Waals surface area contributed by atoms with Gasteiger partial charge < -0.3 is 9.47 Å². The van der Waals surface area contributed by atoms with Gasteiger partial charge in [-0.05, 0) is 74.9 Å². The Morgan fingerprint density at radius 1 is 0.632 bits per heavy atom. The van der Waals surface area contributed by atoms with E-state index in [1.807, 2.05) is 0 Å². The van der Waals surface area contributed by atoms with Crippen LogP contribution in [0.25, 0.3) is 0 Å². The summed E-state index contributed by atoms with van der Waals surface area (Å²) >= 11 is 0. The van der Waals surface area contributed by atoms with Crippen molar-refractivity contribution in [3.63, 3.8) is 0 Å². The maximum absolute atomic E-state index is 12.8. The van der Waals surface area contributed by atoms with Crippen molar-refractivity contribution in [2.75, 3.05) is 0 Å². The van der Waals surface area contributed by atoms with Gasteiger partial charge in [0, 0.05) is 10.8 Å². The largest absolute Gasteiger partial charge is 0.457 e. The van der Waals surface area contributed by atoms with E-state index in [-0.39, 0.29) is 22.8 Å². The van der Waals surface area contributed by atoms with Gasteiger partial charge in [-0.3, -0.25) is 9.59 Å². The number of cyclic esters (lactones) is 2. The van der Waals surface area contributed by atoms with Crippen molar-refractivity contribution in [1.29, 1.82) is 0 Å². The molecule has 0 amide bonds.